The average Bonchev–Trinajstić information content (AvgIpc) is 2.73. The largest absolute Gasteiger partial charge is 0.489 e. The van der Waals surface area contributed by atoms with E-state index in [1.807, 2.05) is 30.3 Å². The summed E-state index contributed by atoms with van der Waals surface area (Å²) in [4.78, 5) is 23.7. The summed E-state index contributed by atoms with van der Waals surface area (Å²) in [5.41, 5.74) is 1.74. The number of rotatable bonds is 6. The molecular formula is C22H18N2O4S. The van der Waals surface area contributed by atoms with Crippen molar-refractivity contribution in [1.29, 1.82) is 0 Å². The van der Waals surface area contributed by atoms with Gasteiger partial charge in [-0.25, -0.2) is 4.79 Å². The number of ether oxygens (including phenoxy) is 1. The normalized spacial score (nSPS) is 10.1. The van der Waals surface area contributed by atoms with Crippen LogP contribution in [0.15, 0.2) is 78.9 Å². The van der Waals surface area contributed by atoms with Gasteiger partial charge in [0.1, 0.15) is 12.4 Å². The number of hydrogen-bond acceptors (Lipinski definition) is 4. The number of carboxylic acid groups (broad SMARTS) is 1. The van der Waals surface area contributed by atoms with E-state index in [1.54, 1.807) is 42.5 Å². The quantitative estimate of drug-likeness (QED) is 0.535. The molecule has 0 fully saturated rings. The van der Waals surface area contributed by atoms with Gasteiger partial charge in [0.2, 0.25) is 0 Å². The SMILES string of the molecule is O=C(NC(=S)Nc1ccccc1C(=O)O)c1cccc(OCc2ccccc2)c1. The molecule has 0 aromatic heterocycles. The fraction of sp³-hybridized carbons (Fsp3) is 0.0455. The minimum Gasteiger partial charge on any atom is -0.489 e. The molecule has 0 aliphatic heterocycles. The van der Waals surface area contributed by atoms with E-state index in [0.717, 1.165) is 5.56 Å². The van der Waals surface area contributed by atoms with Crippen LogP contribution in [0.2, 0.25) is 0 Å². The zero-order valence-electron chi connectivity index (χ0n) is 15.3. The van der Waals surface area contributed by atoms with Gasteiger partial charge < -0.3 is 15.2 Å². The molecule has 3 N–H and O–H groups in total. The first-order valence-electron chi connectivity index (χ1n) is 8.74. The smallest absolute Gasteiger partial charge is 0.337 e. The predicted molar refractivity (Wildman–Crippen MR) is 114 cm³/mol. The van der Waals surface area contributed by atoms with Crippen molar-refractivity contribution in [2.75, 3.05) is 5.32 Å². The summed E-state index contributed by atoms with van der Waals surface area (Å²) >= 11 is 5.14. The van der Waals surface area contributed by atoms with Crippen LogP contribution in [-0.2, 0) is 6.61 Å². The molecule has 146 valence electrons. The molecule has 0 aliphatic carbocycles. The van der Waals surface area contributed by atoms with E-state index in [4.69, 9.17) is 17.0 Å². The third-order valence-corrected chi connectivity index (χ3v) is 4.18. The van der Waals surface area contributed by atoms with E-state index in [9.17, 15) is 14.7 Å². The molecule has 0 heterocycles. The topological polar surface area (TPSA) is 87.7 Å². The van der Waals surface area contributed by atoms with Crippen molar-refractivity contribution in [2.24, 2.45) is 0 Å². The highest BCUT2D eigenvalue weighted by Crippen LogP contribution is 2.16. The Bertz CT molecular complexity index is 1040. The lowest BCUT2D eigenvalue weighted by Gasteiger charge is -2.12. The number of carbonyl (C=O) groups is 2. The molecule has 1 amide bonds. The van der Waals surface area contributed by atoms with Gasteiger partial charge in [-0.05, 0) is 48.1 Å². The number of benzene rings is 3. The lowest BCUT2D eigenvalue weighted by atomic mass is 10.2. The first-order valence-corrected chi connectivity index (χ1v) is 9.15. The first kappa shape index (κ1) is 20.0. The van der Waals surface area contributed by atoms with Crippen LogP contribution in [0, 0.1) is 0 Å². The fourth-order valence-electron chi connectivity index (χ4n) is 2.58. The number of aromatic carboxylic acids is 1. The Labute approximate surface area is 173 Å². The first-order chi connectivity index (χ1) is 14.0. The summed E-state index contributed by atoms with van der Waals surface area (Å²) in [6.07, 6.45) is 0. The van der Waals surface area contributed by atoms with Gasteiger partial charge in [0.15, 0.2) is 5.11 Å². The molecule has 0 aliphatic rings. The van der Waals surface area contributed by atoms with Gasteiger partial charge in [0.05, 0.1) is 11.3 Å². The van der Waals surface area contributed by atoms with E-state index in [2.05, 4.69) is 10.6 Å². The highest BCUT2D eigenvalue weighted by atomic mass is 32.1. The molecule has 3 rings (SSSR count). The van der Waals surface area contributed by atoms with E-state index in [1.165, 1.54) is 6.07 Å². The zero-order valence-corrected chi connectivity index (χ0v) is 16.1. The van der Waals surface area contributed by atoms with Gasteiger partial charge in [0.25, 0.3) is 5.91 Å². The van der Waals surface area contributed by atoms with E-state index < -0.39 is 11.9 Å². The second kappa shape index (κ2) is 9.48. The Morgan fingerprint density at radius 1 is 0.931 bits per heavy atom. The molecule has 0 bridgehead atoms. The summed E-state index contributed by atoms with van der Waals surface area (Å²) in [5, 5.41) is 14.5. The molecule has 0 saturated heterocycles. The lowest BCUT2D eigenvalue weighted by molar-refractivity contribution is 0.0698. The van der Waals surface area contributed by atoms with Crippen LogP contribution in [0.3, 0.4) is 0 Å². The molecule has 0 spiro atoms. The number of carbonyl (C=O) groups excluding carboxylic acids is 1. The van der Waals surface area contributed by atoms with Crippen LogP contribution in [-0.4, -0.2) is 22.1 Å². The second-order valence-electron chi connectivity index (χ2n) is 6.06. The molecule has 0 saturated carbocycles. The minimum absolute atomic E-state index is 0.000642. The van der Waals surface area contributed by atoms with E-state index >= 15 is 0 Å². The number of nitrogens with one attached hydrogen (secondary N) is 2. The number of amides is 1. The number of hydrogen-bond donors (Lipinski definition) is 3. The van der Waals surface area contributed by atoms with Crippen molar-refractivity contribution in [3.05, 3.63) is 95.6 Å². The Kier molecular flexibility index (Phi) is 6.55. The van der Waals surface area contributed by atoms with E-state index in [-0.39, 0.29) is 10.7 Å². The Morgan fingerprint density at radius 3 is 2.41 bits per heavy atom. The molecular weight excluding hydrogens is 388 g/mol. The van der Waals surface area contributed by atoms with Crippen LogP contribution >= 0.6 is 12.2 Å². The molecule has 3 aromatic carbocycles. The van der Waals surface area contributed by atoms with Crippen LogP contribution in [0.1, 0.15) is 26.3 Å². The van der Waals surface area contributed by atoms with Gasteiger partial charge in [-0.15, -0.1) is 0 Å². The maximum absolute atomic E-state index is 12.5. The maximum atomic E-state index is 12.5. The van der Waals surface area contributed by atoms with Gasteiger partial charge in [-0.1, -0.05) is 48.5 Å². The Morgan fingerprint density at radius 2 is 1.66 bits per heavy atom. The summed E-state index contributed by atoms with van der Waals surface area (Å²) in [5.74, 6) is -0.970. The maximum Gasteiger partial charge on any atom is 0.337 e. The Hall–Kier alpha value is -3.71. The minimum atomic E-state index is -1.09. The van der Waals surface area contributed by atoms with Crippen molar-refractivity contribution in [3.63, 3.8) is 0 Å². The predicted octanol–water partition coefficient (Wildman–Crippen LogP) is 4.09. The zero-order chi connectivity index (χ0) is 20.6. The van der Waals surface area contributed by atoms with Gasteiger partial charge in [0, 0.05) is 5.56 Å². The molecule has 0 atom stereocenters. The van der Waals surface area contributed by atoms with E-state index in [0.29, 0.717) is 23.6 Å². The summed E-state index contributed by atoms with van der Waals surface area (Å²) < 4.78 is 5.73. The number of para-hydroxylation sites is 1. The standard InChI is InChI=1S/C22H18N2O4S/c25-20(24-22(29)23-19-12-5-4-11-18(19)21(26)27)16-9-6-10-17(13-16)28-14-15-7-2-1-3-8-15/h1-13H,14H2,(H,26,27)(H2,23,24,25,29). The number of anilines is 1. The van der Waals surface area contributed by atoms with Gasteiger partial charge in [-0.3, -0.25) is 10.1 Å². The van der Waals surface area contributed by atoms with Crippen molar-refractivity contribution in [1.82, 2.24) is 5.32 Å². The average molecular weight is 406 g/mol. The number of thiocarbonyl (C=S) groups is 1. The van der Waals surface area contributed by atoms with Crippen LogP contribution in [0.4, 0.5) is 5.69 Å². The molecule has 7 heteroatoms. The van der Waals surface area contributed by atoms with Crippen molar-refractivity contribution in [2.45, 2.75) is 6.61 Å². The Balaban J connectivity index is 1.62. The molecule has 6 nitrogen and oxygen atoms in total. The van der Waals surface area contributed by atoms with Crippen LogP contribution in [0.25, 0.3) is 0 Å². The second-order valence-corrected chi connectivity index (χ2v) is 6.47. The number of carboxylic acids is 1. The van der Waals surface area contributed by atoms with Gasteiger partial charge >= 0.3 is 5.97 Å². The summed E-state index contributed by atoms with van der Waals surface area (Å²) in [7, 11) is 0. The van der Waals surface area contributed by atoms with Crippen molar-refractivity contribution < 1.29 is 19.4 Å². The monoisotopic (exact) mass is 406 g/mol. The van der Waals surface area contributed by atoms with Crippen molar-refractivity contribution >= 4 is 34.9 Å². The lowest BCUT2D eigenvalue weighted by Crippen LogP contribution is -2.34. The molecule has 3 aromatic rings. The molecule has 0 radical (unpaired) electrons. The highest BCUT2D eigenvalue weighted by molar-refractivity contribution is 7.80. The highest BCUT2D eigenvalue weighted by Gasteiger charge is 2.13. The van der Waals surface area contributed by atoms with Crippen molar-refractivity contribution in [3.8, 4) is 5.75 Å². The summed E-state index contributed by atoms with van der Waals surface area (Å²) in [6.45, 7) is 0.387. The van der Waals surface area contributed by atoms with Gasteiger partial charge in [-0.2, -0.15) is 0 Å². The molecule has 0 unspecified atom stereocenters. The van der Waals surface area contributed by atoms with Crippen LogP contribution in [0.5, 0.6) is 5.75 Å². The molecule has 29 heavy (non-hydrogen) atoms. The third kappa shape index (κ3) is 5.63. The summed E-state index contributed by atoms with van der Waals surface area (Å²) in [6, 6.07) is 22.7. The van der Waals surface area contributed by atoms with Crippen LogP contribution < -0.4 is 15.4 Å². The third-order valence-electron chi connectivity index (χ3n) is 3.98. The fourth-order valence-corrected chi connectivity index (χ4v) is 2.78.